The second-order valence-electron chi connectivity index (χ2n) is 6.92. The summed E-state index contributed by atoms with van der Waals surface area (Å²) >= 11 is 12.3. The normalized spacial score (nSPS) is 15.7. The van der Waals surface area contributed by atoms with Crippen molar-refractivity contribution in [3.63, 3.8) is 0 Å². The van der Waals surface area contributed by atoms with Gasteiger partial charge in [0.15, 0.2) is 0 Å². The minimum atomic E-state index is -0.109. The standard InChI is InChI=1S/C19H19ClN6O2S2/c1-26(28-2)19(27)9-3-4-10-15(5-9)30-18-16(10)17(22-8-23-18)24-12-7-14(29)13(25-21)6-11(12)20/h6-9,21,29H,3-5H2,1-2H3,(H,22,23,24). The Hall–Kier alpha value is -2.27. The Bertz CT molecular complexity index is 1150. The van der Waals surface area contributed by atoms with Gasteiger partial charge in [0.25, 0.3) is 0 Å². The molecule has 0 saturated heterocycles. The van der Waals surface area contributed by atoms with Crippen LogP contribution in [0.4, 0.5) is 17.2 Å². The van der Waals surface area contributed by atoms with Gasteiger partial charge in [0, 0.05) is 22.7 Å². The topological polar surface area (TPSA) is 104 Å². The highest BCUT2D eigenvalue weighted by atomic mass is 35.5. The molecule has 8 nitrogen and oxygen atoms in total. The fraction of sp³-hybridized carbons (Fsp3) is 0.316. The molecule has 11 heteroatoms. The van der Waals surface area contributed by atoms with Crippen molar-refractivity contribution in [3.05, 3.63) is 33.9 Å². The number of carbonyl (C=O) groups is 1. The number of amides is 1. The van der Waals surface area contributed by atoms with Crippen molar-refractivity contribution in [3.8, 4) is 0 Å². The molecule has 4 rings (SSSR count). The molecule has 0 fully saturated rings. The van der Waals surface area contributed by atoms with E-state index in [1.165, 1.54) is 24.1 Å². The number of halogens is 1. The molecule has 3 aromatic rings. The first kappa shape index (κ1) is 21.0. The van der Waals surface area contributed by atoms with Gasteiger partial charge in [-0.2, -0.15) is 5.11 Å². The minimum absolute atomic E-state index is 0.0157. The van der Waals surface area contributed by atoms with Crippen LogP contribution in [0, 0.1) is 11.4 Å². The average Bonchev–Trinajstić information content (AvgIpc) is 3.13. The lowest BCUT2D eigenvalue weighted by molar-refractivity contribution is -0.173. The predicted octanol–water partition coefficient (Wildman–Crippen LogP) is 5.16. The van der Waals surface area contributed by atoms with Crippen LogP contribution >= 0.6 is 35.6 Å². The lowest BCUT2D eigenvalue weighted by Crippen LogP contribution is -2.34. The average molecular weight is 463 g/mol. The number of hydroxylamine groups is 2. The summed E-state index contributed by atoms with van der Waals surface area (Å²) in [5, 5.41) is 9.36. The first-order chi connectivity index (χ1) is 14.4. The first-order valence-corrected chi connectivity index (χ1v) is 10.8. The van der Waals surface area contributed by atoms with Crippen molar-refractivity contribution < 1.29 is 9.63 Å². The summed E-state index contributed by atoms with van der Waals surface area (Å²) < 4.78 is 0. The Morgan fingerprint density at radius 1 is 1.47 bits per heavy atom. The van der Waals surface area contributed by atoms with E-state index in [2.05, 4.69) is 33.0 Å². The summed E-state index contributed by atoms with van der Waals surface area (Å²) in [6, 6.07) is 3.31. The number of aromatic nitrogens is 2. The molecule has 1 unspecified atom stereocenters. The van der Waals surface area contributed by atoms with Gasteiger partial charge in [-0.15, -0.1) is 24.0 Å². The smallest absolute Gasteiger partial charge is 0.249 e. The molecule has 1 aromatic carbocycles. The highest BCUT2D eigenvalue weighted by Gasteiger charge is 2.31. The maximum absolute atomic E-state index is 12.5. The van der Waals surface area contributed by atoms with Crippen LogP contribution in [-0.2, 0) is 22.5 Å². The molecule has 2 N–H and O–H groups in total. The molecular weight excluding hydrogens is 444 g/mol. The van der Waals surface area contributed by atoms with Crippen molar-refractivity contribution in [2.75, 3.05) is 19.5 Å². The van der Waals surface area contributed by atoms with Gasteiger partial charge in [0.2, 0.25) is 5.91 Å². The summed E-state index contributed by atoms with van der Waals surface area (Å²) in [6.45, 7) is 0. The largest absolute Gasteiger partial charge is 0.338 e. The van der Waals surface area contributed by atoms with Crippen LogP contribution in [0.5, 0.6) is 0 Å². The monoisotopic (exact) mass is 462 g/mol. The van der Waals surface area contributed by atoms with E-state index < -0.39 is 0 Å². The maximum Gasteiger partial charge on any atom is 0.249 e. The Morgan fingerprint density at radius 3 is 3.00 bits per heavy atom. The number of thiol groups is 1. The number of benzene rings is 1. The molecule has 0 bridgehead atoms. The number of nitrogens with one attached hydrogen (secondary N) is 2. The lowest BCUT2D eigenvalue weighted by Gasteiger charge is -2.25. The molecule has 0 spiro atoms. The van der Waals surface area contributed by atoms with Crippen LogP contribution < -0.4 is 5.32 Å². The maximum atomic E-state index is 12.5. The number of nitrogens with zero attached hydrogens (tertiary/aromatic N) is 4. The zero-order valence-electron chi connectivity index (χ0n) is 16.3. The van der Waals surface area contributed by atoms with Crippen LogP contribution in [-0.4, -0.2) is 35.1 Å². The van der Waals surface area contributed by atoms with Crippen LogP contribution in [0.15, 0.2) is 28.5 Å². The highest BCUT2D eigenvalue weighted by Crippen LogP contribution is 2.42. The van der Waals surface area contributed by atoms with E-state index in [0.29, 0.717) is 33.5 Å². The van der Waals surface area contributed by atoms with Gasteiger partial charge >= 0.3 is 0 Å². The number of aryl methyl sites for hydroxylation is 1. The van der Waals surface area contributed by atoms with E-state index in [-0.39, 0.29) is 11.8 Å². The molecule has 2 aromatic heterocycles. The Labute approximate surface area is 187 Å². The van der Waals surface area contributed by atoms with Crippen LogP contribution in [0.25, 0.3) is 10.2 Å². The third-order valence-electron chi connectivity index (χ3n) is 5.22. The zero-order chi connectivity index (χ0) is 21.4. The molecule has 156 valence electrons. The minimum Gasteiger partial charge on any atom is -0.338 e. The van der Waals surface area contributed by atoms with Crippen molar-refractivity contribution in [2.24, 2.45) is 11.0 Å². The first-order valence-electron chi connectivity index (χ1n) is 9.16. The van der Waals surface area contributed by atoms with Crippen molar-refractivity contribution >= 4 is 68.9 Å². The van der Waals surface area contributed by atoms with E-state index in [0.717, 1.165) is 27.9 Å². The number of rotatable bonds is 5. The van der Waals surface area contributed by atoms with Gasteiger partial charge < -0.3 is 5.32 Å². The quantitative estimate of drug-likeness (QED) is 0.276. The number of hydrogen-bond acceptors (Lipinski definition) is 9. The molecule has 0 saturated carbocycles. The summed E-state index contributed by atoms with van der Waals surface area (Å²) in [4.78, 5) is 29.0. The van der Waals surface area contributed by atoms with Crippen LogP contribution in [0.3, 0.4) is 0 Å². The number of fused-ring (bicyclic) bond motifs is 3. The van der Waals surface area contributed by atoms with Gasteiger partial charge in [0.05, 0.1) is 28.9 Å². The van der Waals surface area contributed by atoms with Crippen LogP contribution in [0.2, 0.25) is 5.02 Å². The summed E-state index contributed by atoms with van der Waals surface area (Å²) in [5.74, 6) is 0.529. The Morgan fingerprint density at radius 2 is 2.27 bits per heavy atom. The van der Waals surface area contributed by atoms with Gasteiger partial charge in [-0.1, -0.05) is 11.6 Å². The zero-order valence-corrected chi connectivity index (χ0v) is 18.7. The molecular formula is C19H19ClN6O2S2. The molecule has 0 radical (unpaired) electrons. The van der Waals surface area contributed by atoms with E-state index in [4.69, 9.17) is 22.0 Å². The fourth-order valence-corrected chi connectivity index (χ4v) is 5.34. The van der Waals surface area contributed by atoms with E-state index >= 15 is 0 Å². The van der Waals surface area contributed by atoms with Crippen molar-refractivity contribution in [1.29, 1.82) is 5.53 Å². The summed E-state index contributed by atoms with van der Waals surface area (Å²) in [6.07, 6.45) is 3.66. The Kier molecular flexibility index (Phi) is 5.92. The van der Waals surface area contributed by atoms with Gasteiger partial charge in [-0.25, -0.2) is 20.6 Å². The Balaban J connectivity index is 1.70. The second kappa shape index (κ2) is 8.46. The van der Waals surface area contributed by atoms with E-state index in [1.54, 1.807) is 30.5 Å². The van der Waals surface area contributed by atoms with E-state index in [1.807, 2.05) is 0 Å². The number of thiophene rings is 1. The highest BCUT2D eigenvalue weighted by molar-refractivity contribution is 7.80. The summed E-state index contributed by atoms with van der Waals surface area (Å²) in [5.41, 5.74) is 9.38. The second-order valence-corrected chi connectivity index (χ2v) is 8.89. The SMILES string of the molecule is CON(C)C(=O)C1CCc2c(sc3ncnc(Nc4cc(S)c(N=N)cc4Cl)c23)C1. The number of carbonyl (C=O) groups excluding carboxylic acids is 1. The molecule has 1 atom stereocenters. The molecule has 1 amide bonds. The van der Waals surface area contributed by atoms with E-state index in [9.17, 15) is 4.79 Å². The number of hydrogen-bond donors (Lipinski definition) is 3. The van der Waals surface area contributed by atoms with Crippen molar-refractivity contribution in [2.45, 2.75) is 24.2 Å². The predicted molar refractivity (Wildman–Crippen MR) is 120 cm³/mol. The molecule has 0 aliphatic heterocycles. The van der Waals surface area contributed by atoms with Crippen molar-refractivity contribution in [1.82, 2.24) is 15.0 Å². The molecule has 2 heterocycles. The molecule has 1 aliphatic rings. The van der Waals surface area contributed by atoms with Gasteiger partial charge in [-0.3, -0.25) is 9.63 Å². The number of anilines is 2. The third kappa shape index (κ3) is 3.76. The molecule has 1 aliphatic carbocycles. The third-order valence-corrected chi connectivity index (χ3v) is 7.05. The fourth-order valence-electron chi connectivity index (χ4n) is 3.63. The van der Waals surface area contributed by atoms with Gasteiger partial charge in [0.1, 0.15) is 17.0 Å². The van der Waals surface area contributed by atoms with Gasteiger partial charge in [-0.05, 0) is 37.0 Å². The molecule has 30 heavy (non-hydrogen) atoms. The van der Waals surface area contributed by atoms with Crippen LogP contribution in [0.1, 0.15) is 16.9 Å². The lowest BCUT2D eigenvalue weighted by atomic mass is 9.87. The summed E-state index contributed by atoms with van der Waals surface area (Å²) in [7, 11) is 3.13.